The number of nitrogens with zero attached hydrogens (tertiary/aromatic N) is 3. The minimum atomic E-state index is -0.358. The fraction of sp³-hybridized carbons (Fsp3) is 0. The van der Waals surface area contributed by atoms with Crippen LogP contribution in [0.3, 0.4) is 0 Å². The summed E-state index contributed by atoms with van der Waals surface area (Å²) < 4.78 is 2.73. The summed E-state index contributed by atoms with van der Waals surface area (Å²) in [6.45, 7) is 0. The molecule has 152 valence electrons. The monoisotopic (exact) mass is 429 g/mol. The molecule has 0 bridgehead atoms. The summed E-state index contributed by atoms with van der Waals surface area (Å²) in [4.78, 5) is 13.3. The van der Waals surface area contributed by atoms with Crippen molar-refractivity contribution in [2.75, 3.05) is 0 Å². The highest BCUT2D eigenvalue weighted by Gasteiger charge is 2.30. The maximum atomic E-state index is 13.3. The van der Waals surface area contributed by atoms with E-state index in [4.69, 9.17) is 11.6 Å². The molecular weight excluding hydrogens is 414 g/mol. The number of fused-ring (bicyclic) bond motifs is 1. The fourth-order valence-electron chi connectivity index (χ4n) is 3.63. The summed E-state index contributed by atoms with van der Waals surface area (Å²) in [5.41, 5.74) is 1.85. The molecule has 2 N–H and O–H groups in total. The average Bonchev–Trinajstić information content (AvgIpc) is 3.32. The van der Waals surface area contributed by atoms with Crippen molar-refractivity contribution >= 4 is 28.3 Å². The second-order valence-electron chi connectivity index (χ2n) is 6.97. The van der Waals surface area contributed by atoms with Crippen LogP contribution in [0.15, 0.2) is 84.9 Å². The minimum Gasteiger partial charge on any atom is -0.494 e. The third kappa shape index (κ3) is 3.05. The van der Waals surface area contributed by atoms with E-state index in [2.05, 4.69) is 5.10 Å². The molecule has 0 unspecified atom stereocenters. The highest BCUT2D eigenvalue weighted by molar-refractivity contribution is 6.30. The molecule has 0 amide bonds. The van der Waals surface area contributed by atoms with Gasteiger partial charge in [-0.1, -0.05) is 60.1 Å². The van der Waals surface area contributed by atoms with Crippen LogP contribution in [0.2, 0.25) is 5.02 Å². The van der Waals surface area contributed by atoms with Crippen molar-refractivity contribution in [3.63, 3.8) is 0 Å². The first-order valence-electron chi connectivity index (χ1n) is 9.52. The molecule has 5 rings (SSSR count). The molecule has 0 aliphatic heterocycles. The van der Waals surface area contributed by atoms with E-state index in [1.807, 2.05) is 24.3 Å². The van der Waals surface area contributed by atoms with Crippen molar-refractivity contribution in [1.82, 2.24) is 14.3 Å². The van der Waals surface area contributed by atoms with Crippen LogP contribution in [0, 0.1) is 0 Å². The number of hydrogen-bond acceptors (Lipinski definition) is 4. The Hall–Kier alpha value is -4.03. The van der Waals surface area contributed by atoms with Gasteiger partial charge in [-0.05, 0) is 36.4 Å². The van der Waals surface area contributed by atoms with E-state index in [1.54, 1.807) is 60.7 Å². The first-order valence-corrected chi connectivity index (χ1v) is 9.90. The van der Waals surface area contributed by atoms with E-state index >= 15 is 0 Å². The smallest absolute Gasteiger partial charge is 0.226 e. The average molecular weight is 430 g/mol. The molecule has 2 heterocycles. The lowest BCUT2D eigenvalue weighted by molar-refractivity contribution is 0.103. The van der Waals surface area contributed by atoms with Crippen LogP contribution < -0.4 is 0 Å². The standard InChI is InChI=1S/C24H16ClN3O3/c25-16-11-13-17(14-12-16)27-23(30)19-20(22(29)15-7-3-1-4-8-15)26-28(21(19)24(27)31)18-9-5-2-6-10-18/h1-14,30-31H. The SMILES string of the molecule is O=C(c1ccccc1)c1nn(-c2ccccc2)c2c(O)n(-c3ccc(Cl)cc3)c(O)c12. The molecule has 0 radical (unpaired) electrons. The number of carbonyl (C=O) groups is 1. The van der Waals surface area contributed by atoms with Gasteiger partial charge in [0.1, 0.15) is 11.2 Å². The van der Waals surface area contributed by atoms with E-state index in [0.717, 1.165) is 0 Å². The van der Waals surface area contributed by atoms with Gasteiger partial charge in [-0.15, -0.1) is 0 Å². The highest BCUT2D eigenvalue weighted by Crippen LogP contribution is 2.42. The molecule has 5 aromatic rings. The molecule has 0 saturated heterocycles. The van der Waals surface area contributed by atoms with Crippen molar-refractivity contribution in [3.8, 4) is 23.1 Å². The number of ketones is 1. The van der Waals surface area contributed by atoms with Crippen LogP contribution >= 0.6 is 11.6 Å². The molecule has 0 fully saturated rings. The number of halogens is 1. The lowest BCUT2D eigenvalue weighted by Gasteiger charge is -2.08. The summed E-state index contributed by atoms with van der Waals surface area (Å²) in [6.07, 6.45) is 0. The molecule has 0 aliphatic rings. The zero-order valence-corrected chi connectivity index (χ0v) is 16.9. The fourth-order valence-corrected chi connectivity index (χ4v) is 3.76. The van der Waals surface area contributed by atoms with Gasteiger partial charge >= 0.3 is 0 Å². The van der Waals surface area contributed by atoms with Crippen LogP contribution in [0.1, 0.15) is 16.1 Å². The largest absolute Gasteiger partial charge is 0.494 e. The van der Waals surface area contributed by atoms with Gasteiger partial charge in [0.25, 0.3) is 0 Å². The molecule has 0 spiro atoms. The number of aromatic nitrogens is 3. The lowest BCUT2D eigenvalue weighted by Crippen LogP contribution is -2.05. The van der Waals surface area contributed by atoms with Crippen LogP contribution in [0.5, 0.6) is 11.8 Å². The summed E-state index contributed by atoms with van der Waals surface area (Å²) in [7, 11) is 0. The Morgan fingerprint density at radius 3 is 2.03 bits per heavy atom. The first-order chi connectivity index (χ1) is 15.1. The number of para-hydroxylation sites is 1. The van der Waals surface area contributed by atoms with Gasteiger partial charge in [-0.2, -0.15) is 5.10 Å². The van der Waals surface area contributed by atoms with E-state index in [1.165, 1.54) is 9.25 Å². The Balaban J connectivity index is 1.83. The zero-order valence-electron chi connectivity index (χ0n) is 16.1. The Morgan fingerprint density at radius 1 is 0.774 bits per heavy atom. The van der Waals surface area contributed by atoms with Crippen LogP contribution in [0.25, 0.3) is 22.3 Å². The molecule has 31 heavy (non-hydrogen) atoms. The first kappa shape index (κ1) is 19.0. The highest BCUT2D eigenvalue weighted by atomic mass is 35.5. The molecule has 0 saturated carbocycles. The number of aromatic hydroxyl groups is 2. The maximum absolute atomic E-state index is 13.3. The summed E-state index contributed by atoms with van der Waals surface area (Å²) >= 11 is 5.98. The van der Waals surface area contributed by atoms with Crippen LogP contribution in [-0.4, -0.2) is 30.3 Å². The Kier molecular flexibility index (Phi) is 4.49. The summed E-state index contributed by atoms with van der Waals surface area (Å²) in [6, 6.07) is 24.5. The second-order valence-corrected chi connectivity index (χ2v) is 7.41. The van der Waals surface area contributed by atoms with Crippen molar-refractivity contribution < 1.29 is 15.0 Å². The molecule has 2 aromatic heterocycles. The van der Waals surface area contributed by atoms with Crippen molar-refractivity contribution in [2.24, 2.45) is 0 Å². The predicted molar refractivity (Wildman–Crippen MR) is 119 cm³/mol. The molecule has 3 aromatic carbocycles. The van der Waals surface area contributed by atoms with Gasteiger partial charge in [0.05, 0.1) is 16.8 Å². The minimum absolute atomic E-state index is 0.0468. The number of benzene rings is 3. The summed E-state index contributed by atoms with van der Waals surface area (Å²) in [5, 5.41) is 27.4. The van der Waals surface area contributed by atoms with Gasteiger partial charge in [-0.3, -0.25) is 4.79 Å². The zero-order chi connectivity index (χ0) is 21.5. The van der Waals surface area contributed by atoms with Gasteiger partial charge in [0.15, 0.2) is 0 Å². The second kappa shape index (κ2) is 7.34. The lowest BCUT2D eigenvalue weighted by atomic mass is 10.1. The maximum Gasteiger partial charge on any atom is 0.226 e. The molecule has 6 nitrogen and oxygen atoms in total. The van der Waals surface area contributed by atoms with Gasteiger partial charge in [-0.25, -0.2) is 9.25 Å². The number of carbonyl (C=O) groups excluding carboxylic acids is 1. The topological polar surface area (TPSA) is 80.3 Å². The van der Waals surface area contributed by atoms with E-state index in [-0.39, 0.29) is 34.1 Å². The normalized spacial score (nSPS) is 11.1. The third-order valence-electron chi connectivity index (χ3n) is 5.08. The van der Waals surface area contributed by atoms with Crippen molar-refractivity contribution in [2.45, 2.75) is 0 Å². The van der Waals surface area contributed by atoms with Crippen molar-refractivity contribution in [1.29, 1.82) is 0 Å². The van der Waals surface area contributed by atoms with Crippen LogP contribution in [-0.2, 0) is 0 Å². The van der Waals surface area contributed by atoms with Gasteiger partial charge in [0.2, 0.25) is 17.5 Å². The van der Waals surface area contributed by atoms with Crippen molar-refractivity contribution in [3.05, 3.63) is 101 Å². The Morgan fingerprint density at radius 2 is 1.39 bits per heavy atom. The molecular formula is C24H16ClN3O3. The molecule has 0 aliphatic carbocycles. The Labute approximate surface area is 182 Å². The number of rotatable bonds is 4. The summed E-state index contributed by atoms with van der Waals surface area (Å²) in [5.74, 6) is -0.876. The van der Waals surface area contributed by atoms with Gasteiger partial charge in [0, 0.05) is 10.6 Å². The van der Waals surface area contributed by atoms with E-state index in [0.29, 0.717) is 22.0 Å². The predicted octanol–water partition coefficient (Wildman–Crippen LogP) is 5.11. The molecule has 7 heteroatoms. The quantitative estimate of drug-likeness (QED) is 0.389. The Bertz CT molecular complexity index is 1410. The van der Waals surface area contributed by atoms with E-state index in [9.17, 15) is 15.0 Å². The number of hydrogen-bond donors (Lipinski definition) is 2. The molecule has 0 atom stereocenters. The van der Waals surface area contributed by atoms with Crippen LogP contribution in [0.4, 0.5) is 0 Å². The van der Waals surface area contributed by atoms with E-state index < -0.39 is 0 Å². The third-order valence-corrected chi connectivity index (χ3v) is 5.33. The van der Waals surface area contributed by atoms with Gasteiger partial charge < -0.3 is 10.2 Å².